The Morgan fingerprint density at radius 3 is 2.00 bits per heavy atom. The third-order valence-corrected chi connectivity index (χ3v) is 3.10. The van der Waals surface area contributed by atoms with Crippen molar-refractivity contribution < 1.29 is 0 Å². The predicted octanol–water partition coefficient (Wildman–Crippen LogP) is 5.14. The summed E-state index contributed by atoms with van der Waals surface area (Å²) in [4.78, 5) is -0.490. The van der Waals surface area contributed by atoms with E-state index in [4.69, 9.17) is 23.2 Å². The molecule has 2 rings (SSSR count). The maximum atomic E-state index is 5.98. The van der Waals surface area contributed by atoms with Gasteiger partial charge in [-0.15, -0.1) is 23.2 Å². The standard InChI is InChI=1S/C14H12Cl2/c1-10-6-2-3-7-11(10)12-8-4-5-9-13(12)14(15)16/h2-9,14H,1H3. The van der Waals surface area contributed by atoms with Crippen LogP contribution in [0.15, 0.2) is 48.5 Å². The van der Waals surface area contributed by atoms with E-state index in [0.29, 0.717) is 0 Å². The van der Waals surface area contributed by atoms with Crippen LogP contribution in [0.25, 0.3) is 11.1 Å². The van der Waals surface area contributed by atoms with Gasteiger partial charge in [-0.3, -0.25) is 0 Å². The molecule has 0 saturated heterocycles. The molecule has 2 aromatic rings. The Bertz CT molecular complexity index is 490. The van der Waals surface area contributed by atoms with Gasteiger partial charge in [-0.25, -0.2) is 0 Å². The average Bonchev–Trinajstić information content (AvgIpc) is 2.29. The lowest BCUT2D eigenvalue weighted by Gasteiger charge is -2.12. The molecule has 0 nitrogen and oxygen atoms in total. The zero-order valence-electron chi connectivity index (χ0n) is 8.95. The molecule has 0 saturated carbocycles. The summed E-state index contributed by atoms with van der Waals surface area (Å²) < 4.78 is 0. The molecule has 0 amide bonds. The molecule has 0 fully saturated rings. The van der Waals surface area contributed by atoms with Gasteiger partial charge in [-0.05, 0) is 29.2 Å². The van der Waals surface area contributed by atoms with Crippen molar-refractivity contribution in [2.75, 3.05) is 0 Å². The summed E-state index contributed by atoms with van der Waals surface area (Å²) in [5, 5.41) is 0. The van der Waals surface area contributed by atoms with Crippen molar-refractivity contribution in [1.82, 2.24) is 0 Å². The van der Waals surface area contributed by atoms with Crippen molar-refractivity contribution in [3.63, 3.8) is 0 Å². The summed E-state index contributed by atoms with van der Waals surface area (Å²) in [6.45, 7) is 2.09. The minimum atomic E-state index is -0.490. The molecule has 2 heteroatoms. The second-order valence-electron chi connectivity index (χ2n) is 3.70. The summed E-state index contributed by atoms with van der Waals surface area (Å²) in [6, 6.07) is 16.2. The van der Waals surface area contributed by atoms with Crippen LogP contribution in [0.5, 0.6) is 0 Å². The van der Waals surface area contributed by atoms with E-state index in [0.717, 1.165) is 11.1 Å². The number of hydrogen-bond donors (Lipinski definition) is 0. The first-order chi connectivity index (χ1) is 7.70. The quantitative estimate of drug-likeness (QED) is 0.648. The highest BCUT2D eigenvalue weighted by molar-refractivity contribution is 6.44. The van der Waals surface area contributed by atoms with Gasteiger partial charge >= 0.3 is 0 Å². The Kier molecular flexibility index (Phi) is 3.52. The molecule has 0 aliphatic carbocycles. The molecular weight excluding hydrogens is 239 g/mol. The Labute approximate surface area is 106 Å². The highest BCUT2D eigenvalue weighted by atomic mass is 35.5. The molecule has 82 valence electrons. The molecule has 0 spiro atoms. The minimum absolute atomic E-state index is 0.490. The molecule has 0 aliphatic heterocycles. The van der Waals surface area contributed by atoms with E-state index in [1.165, 1.54) is 11.1 Å². The van der Waals surface area contributed by atoms with Crippen LogP contribution in [0, 0.1) is 6.92 Å². The fourth-order valence-electron chi connectivity index (χ4n) is 1.81. The Morgan fingerprint density at radius 1 is 0.812 bits per heavy atom. The van der Waals surface area contributed by atoms with Gasteiger partial charge in [0, 0.05) is 0 Å². The second-order valence-corrected chi connectivity index (χ2v) is 4.80. The summed E-state index contributed by atoms with van der Waals surface area (Å²) in [5.41, 5.74) is 4.48. The molecule has 0 unspecified atom stereocenters. The zero-order valence-corrected chi connectivity index (χ0v) is 10.5. The first-order valence-electron chi connectivity index (χ1n) is 5.13. The lowest BCUT2D eigenvalue weighted by Crippen LogP contribution is -1.90. The number of hydrogen-bond acceptors (Lipinski definition) is 0. The van der Waals surface area contributed by atoms with Gasteiger partial charge in [0.25, 0.3) is 0 Å². The second kappa shape index (κ2) is 4.90. The van der Waals surface area contributed by atoms with Crippen LogP contribution >= 0.6 is 23.2 Å². The highest BCUT2D eigenvalue weighted by Gasteiger charge is 2.11. The van der Waals surface area contributed by atoms with Crippen LogP contribution in [-0.4, -0.2) is 0 Å². The average molecular weight is 251 g/mol. The van der Waals surface area contributed by atoms with E-state index in [1.807, 2.05) is 30.3 Å². The van der Waals surface area contributed by atoms with Crippen molar-refractivity contribution >= 4 is 23.2 Å². The summed E-state index contributed by atoms with van der Waals surface area (Å²) >= 11 is 12.0. The number of benzene rings is 2. The summed E-state index contributed by atoms with van der Waals surface area (Å²) in [5.74, 6) is 0. The molecule has 0 aliphatic rings. The topological polar surface area (TPSA) is 0 Å². The van der Waals surface area contributed by atoms with Crippen LogP contribution in [-0.2, 0) is 0 Å². The van der Waals surface area contributed by atoms with Crippen molar-refractivity contribution in [3.8, 4) is 11.1 Å². The maximum absolute atomic E-state index is 5.98. The Morgan fingerprint density at radius 2 is 1.38 bits per heavy atom. The SMILES string of the molecule is Cc1ccccc1-c1ccccc1C(Cl)Cl. The number of alkyl halides is 2. The Balaban J connectivity index is 2.60. The first-order valence-corrected chi connectivity index (χ1v) is 6.00. The van der Waals surface area contributed by atoms with Gasteiger partial charge in [-0.1, -0.05) is 48.5 Å². The van der Waals surface area contributed by atoms with Crippen molar-refractivity contribution in [1.29, 1.82) is 0 Å². The molecular formula is C14H12Cl2. The largest absolute Gasteiger partial charge is 0.133 e. The molecule has 16 heavy (non-hydrogen) atoms. The number of aryl methyl sites for hydroxylation is 1. The maximum Gasteiger partial charge on any atom is 0.133 e. The zero-order chi connectivity index (χ0) is 11.5. The number of halogens is 2. The van der Waals surface area contributed by atoms with Gasteiger partial charge in [0.15, 0.2) is 0 Å². The summed E-state index contributed by atoms with van der Waals surface area (Å²) in [7, 11) is 0. The Hall–Kier alpha value is -0.980. The summed E-state index contributed by atoms with van der Waals surface area (Å²) in [6.07, 6.45) is 0. The smallest absolute Gasteiger partial charge is 0.100 e. The van der Waals surface area contributed by atoms with Gasteiger partial charge in [0.2, 0.25) is 0 Å². The first kappa shape index (κ1) is 11.5. The van der Waals surface area contributed by atoms with E-state index >= 15 is 0 Å². The van der Waals surface area contributed by atoms with Crippen LogP contribution in [0.1, 0.15) is 16.0 Å². The van der Waals surface area contributed by atoms with Crippen LogP contribution < -0.4 is 0 Å². The van der Waals surface area contributed by atoms with E-state index in [1.54, 1.807) is 0 Å². The van der Waals surface area contributed by atoms with Gasteiger partial charge in [0.05, 0.1) is 0 Å². The van der Waals surface area contributed by atoms with E-state index in [9.17, 15) is 0 Å². The number of rotatable bonds is 2. The van der Waals surface area contributed by atoms with Crippen LogP contribution in [0.4, 0.5) is 0 Å². The van der Waals surface area contributed by atoms with E-state index in [-0.39, 0.29) is 0 Å². The van der Waals surface area contributed by atoms with Crippen molar-refractivity contribution in [3.05, 3.63) is 59.7 Å². The molecule has 0 atom stereocenters. The monoisotopic (exact) mass is 250 g/mol. The molecule has 0 bridgehead atoms. The van der Waals surface area contributed by atoms with Crippen LogP contribution in [0.3, 0.4) is 0 Å². The fraction of sp³-hybridized carbons (Fsp3) is 0.143. The third kappa shape index (κ3) is 2.23. The lowest BCUT2D eigenvalue weighted by atomic mass is 9.97. The van der Waals surface area contributed by atoms with E-state index in [2.05, 4.69) is 25.1 Å². The lowest BCUT2D eigenvalue weighted by molar-refractivity contribution is 1.33. The molecule has 0 aromatic heterocycles. The molecule has 0 N–H and O–H groups in total. The molecule has 0 radical (unpaired) electrons. The van der Waals surface area contributed by atoms with Crippen molar-refractivity contribution in [2.24, 2.45) is 0 Å². The third-order valence-electron chi connectivity index (χ3n) is 2.63. The van der Waals surface area contributed by atoms with Crippen molar-refractivity contribution in [2.45, 2.75) is 11.8 Å². The predicted molar refractivity (Wildman–Crippen MR) is 71.1 cm³/mol. The highest BCUT2D eigenvalue weighted by Crippen LogP contribution is 2.35. The fourth-order valence-corrected chi connectivity index (χ4v) is 2.19. The van der Waals surface area contributed by atoms with Gasteiger partial charge in [-0.2, -0.15) is 0 Å². The minimum Gasteiger partial charge on any atom is -0.100 e. The van der Waals surface area contributed by atoms with Gasteiger partial charge < -0.3 is 0 Å². The molecule has 0 heterocycles. The van der Waals surface area contributed by atoms with Crippen LogP contribution in [0.2, 0.25) is 0 Å². The van der Waals surface area contributed by atoms with Gasteiger partial charge in [0.1, 0.15) is 4.84 Å². The van der Waals surface area contributed by atoms with E-state index < -0.39 is 4.84 Å². The normalized spacial score (nSPS) is 10.8. The molecule has 2 aromatic carbocycles.